The number of benzene rings is 5. The number of carbonyl (C=O) groups excluding carboxylic acids is 5. The van der Waals surface area contributed by atoms with Crippen molar-refractivity contribution in [2.45, 2.75) is 157 Å². The molecule has 0 radical (unpaired) electrons. The Labute approximate surface area is 567 Å². The number of carbonyl (C=O) groups is 6. The van der Waals surface area contributed by atoms with Crippen LogP contribution in [-0.2, 0) is 33.3 Å². The molecule has 5 aromatic rings. The van der Waals surface area contributed by atoms with E-state index < -0.39 is 11.6 Å². The second-order valence-electron chi connectivity index (χ2n) is 25.8. The maximum Gasteiger partial charge on any atom is 0.337 e. The molecule has 0 unspecified atom stereocenters. The van der Waals surface area contributed by atoms with E-state index in [1.165, 1.54) is 31.4 Å². The highest BCUT2D eigenvalue weighted by molar-refractivity contribution is 9.10. The highest BCUT2D eigenvalue weighted by atomic mass is 79.9. The Bertz CT molecular complexity index is 3090. The number of hydrogen-bond acceptors (Lipinski definition) is 16. The smallest absolute Gasteiger partial charge is 0.337 e. The van der Waals surface area contributed by atoms with Crippen molar-refractivity contribution in [1.29, 1.82) is 0 Å². The third-order valence-electron chi connectivity index (χ3n) is 13.3. The molecule has 0 aliphatic carbocycles. The number of amidine groups is 1. The zero-order chi connectivity index (χ0) is 69.5. The lowest BCUT2D eigenvalue weighted by Crippen LogP contribution is -2.38. The number of amides is 2. The highest BCUT2D eigenvalue weighted by Gasteiger charge is 2.30. The number of phenols is 2. The van der Waals surface area contributed by atoms with Crippen molar-refractivity contribution in [3.05, 3.63) is 147 Å². The minimum atomic E-state index is -0.642. The van der Waals surface area contributed by atoms with Crippen LogP contribution >= 0.6 is 31.9 Å². The summed E-state index contributed by atoms with van der Waals surface area (Å²) in [5.41, 5.74) is 3.02. The zero-order valence-corrected chi connectivity index (χ0v) is 59.7. The average molecular weight is 1420 g/mol. The summed E-state index contributed by atoms with van der Waals surface area (Å²) in [4.78, 5) is 75.8. The molecule has 3 aliphatic heterocycles. The fraction of sp³-hybridized carbons (Fsp3) is 0.479. The summed E-state index contributed by atoms with van der Waals surface area (Å²) in [6, 6.07) is 35.5. The van der Waals surface area contributed by atoms with Gasteiger partial charge in [0.1, 0.15) is 28.3 Å². The number of methoxy groups -OCH3 is 1. The molecular formula is C71H99Br2N7O13. The Balaban J connectivity index is 0.000000306. The maximum absolute atomic E-state index is 12.4. The summed E-state index contributed by atoms with van der Waals surface area (Å²) in [5, 5.41) is 42.0. The number of halogens is 2. The predicted octanol–water partition coefficient (Wildman–Crippen LogP) is 13.8. The average Bonchev–Trinajstić information content (AvgIpc) is 1.25. The number of ether oxygens (including phenoxy) is 4. The van der Waals surface area contributed by atoms with Crippen LogP contribution in [0.25, 0.3) is 0 Å². The number of aliphatic imine (C=N–C) groups is 1. The van der Waals surface area contributed by atoms with Crippen molar-refractivity contribution >= 4 is 90.6 Å². The zero-order valence-electron chi connectivity index (χ0n) is 56.5. The number of anilines is 3. The van der Waals surface area contributed by atoms with Gasteiger partial charge in [0, 0.05) is 62.3 Å². The molecule has 8 rings (SSSR count). The molecule has 0 bridgehead atoms. The highest BCUT2D eigenvalue weighted by Crippen LogP contribution is 2.27. The van der Waals surface area contributed by atoms with Gasteiger partial charge in [0.15, 0.2) is 0 Å². The second-order valence-corrected chi connectivity index (χ2v) is 27.6. The molecule has 3 heterocycles. The van der Waals surface area contributed by atoms with E-state index in [2.05, 4.69) is 86.9 Å². The lowest BCUT2D eigenvalue weighted by atomic mass is 9.96. The Kier molecular flexibility index (Phi) is 34.2. The Morgan fingerprint density at radius 1 is 0.516 bits per heavy atom. The number of phenolic OH excluding ortho intramolecular Hbond substituents is 2. The van der Waals surface area contributed by atoms with Gasteiger partial charge in [-0.25, -0.2) is 9.79 Å². The summed E-state index contributed by atoms with van der Waals surface area (Å²) >= 11 is 6.57. The normalized spacial score (nSPS) is 14.6. The van der Waals surface area contributed by atoms with Gasteiger partial charge in [-0.2, -0.15) is 0 Å². The van der Waals surface area contributed by atoms with Crippen molar-refractivity contribution in [2.24, 2.45) is 22.7 Å². The lowest BCUT2D eigenvalue weighted by Gasteiger charge is -2.34. The molecule has 22 heteroatoms. The molecular weight excluding hydrogens is 1320 g/mol. The van der Waals surface area contributed by atoms with Crippen molar-refractivity contribution in [2.75, 3.05) is 61.9 Å². The van der Waals surface area contributed by atoms with E-state index >= 15 is 0 Å². The number of aromatic hydroxyl groups is 2. The van der Waals surface area contributed by atoms with Gasteiger partial charge in [-0.05, 0) is 276 Å². The lowest BCUT2D eigenvalue weighted by molar-refractivity contribution is -0.161. The van der Waals surface area contributed by atoms with Gasteiger partial charge < -0.3 is 65.8 Å². The number of nitrogens with one attached hydrogen (secondary N) is 5. The fourth-order valence-electron chi connectivity index (χ4n) is 8.76. The third-order valence-corrected chi connectivity index (χ3v) is 14.4. The van der Waals surface area contributed by atoms with E-state index in [0.29, 0.717) is 40.1 Å². The van der Waals surface area contributed by atoms with E-state index in [4.69, 9.17) is 24.4 Å². The first-order valence-corrected chi connectivity index (χ1v) is 33.0. The number of aliphatic carboxylic acids is 1. The SMILES string of the molecule is CC(C)(C)OC(=O)C1CCN(c2ccc(C(=O)Nc3ccc(O)cc3)cc2)CC1.CC(C)(C)OC(=O)C1CCNCC1.CC(C)N=C(NC(C)C)OC(C)(C)C.COC(=O)c1ccc(Br)cc1.O=C(Nc1ccc(O)cc1)c1ccc(Br)cc1.O=C(O)C1CCNCC1. The number of carboxylic acid groups (broad SMARTS) is 1. The third kappa shape index (κ3) is 34.3. The fourth-order valence-corrected chi connectivity index (χ4v) is 9.29. The van der Waals surface area contributed by atoms with Crippen molar-refractivity contribution in [1.82, 2.24) is 16.0 Å². The summed E-state index contributed by atoms with van der Waals surface area (Å²) in [6.45, 7) is 30.8. The van der Waals surface area contributed by atoms with E-state index in [-0.39, 0.29) is 76.2 Å². The van der Waals surface area contributed by atoms with E-state index in [1.54, 1.807) is 72.8 Å². The van der Waals surface area contributed by atoms with Crippen LogP contribution in [-0.4, -0.2) is 132 Å². The van der Waals surface area contributed by atoms with Gasteiger partial charge in [-0.3, -0.25) is 24.0 Å². The quantitative estimate of drug-likeness (QED) is 0.0201. The summed E-state index contributed by atoms with van der Waals surface area (Å²) in [6.07, 6.45) is 4.92. The molecule has 0 atom stereocenters. The Morgan fingerprint density at radius 3 is 1.20 bits per heavy atom. The van der Waals surface area contributed by atoms with Gasteiger partial charge in [-0.1, -0.05) is 31.9 Å². The number of rotatable bonds is 11. The van der Waals surface area contributed by atoms with Crippen molar-refractivity contribution in [3.8, 4) is 11.5 Å². The summed E-state index contributed by atoms with van der Waals surface area (Å²) in [7, 11) is 1.37. The molecule has 0 saturated carbocycles. The molecule has 20 nitrogen and oxygen atoms in total. The van der Waals surface area contributed by atoms with Crippen LogP contribution in [0.3, 0.4) is 0 Å². The van der Waals surface area contributed by atoms with Gasteiger partial charge >= 0.3 is 23.9 Å². The number of nitrogens with zero attached hydrogens (tertiary/aromatic N) is 2. The second kappa shape index (κ2) is 39.9. The molecule has 0 aromatic heterocycles. The van der Waals surface area contributed by atoms with E-state index in [9.17, 15) is 33.9 Å². The molecule has 0 spiro atoms. The number of carboxylic acids is 1. The monoisotopic (exact) mass is 1420 g/mol. The number of hydrogen-bond donors (Lipinski definition) is 8. The topological polar surface area (TPSA) is 276 Å². The standard InChI is InChI=1S/C23H28N2O4.C13H10BrNO2.C11H24N2O.C10H19NO2.C8H7BrO2.C6H11NO2/c1-23(2,3)29-22(28)17-12-14-25(15-13-17)19-8-4-16(5-9-19)21(27)24-18-6-10-20(26)11-7-18;14-10-3-1-9(2-4-10)13(17)15-11-5-7-12(16)8-6-11;1-8(2)12-10(13-9(3)4)14-11(5,6)7;1-10(2,3)13-9(12)8-4-6-11-7-5-8;1-11-8(10)6-2-4-7(9)5-3-6;8-6(9)5-1-3-7-4-2-5/h4-11,17,26H,12-15H2,1-3H3,(H,24,27);1-8,16H,(H,15,17);8-9H,1-7H3,(H,12,13);8,11H,4-7H2,1-3H3;2-5H,1H3;5,7H,1-4H2,(H,8,9). The molecule has 93 heavy (non-hydrogen) atoms. The summed E-state index contributed by atoms with van der Waals surface area (Å²) < 4.78 is 22.9. The van der Waals surface area contributed by atoms with E-state index in [1.807, 2.05) is 100 Å². The first kappa shape index (κ1) is 79.7. The molecule has 5 aromatic carbocycles. The van der Waals surface area contributed by atoms with Gasteiger partial charge in [0.25, 0.3) is 17.8 Å². The number of esters is 3. The van der Waals surface area contributed by atoms with Crippen LogP contribution in [0.5, 0.6) is 11.5 Å². The van der Waals surface area contributed by atoms with Gasteiger partial charge in [0.05, 0.1) is 30.4 Å². The Morgan fingerprint density at radius 2 is 0.871 bits per heavy atom. The largest absolute Gasteiger partial charge is 0.508 e. The van der Waals surface area contributed by atoms with Crippen LogP contribution in [0.2, 0.25) is 0 Å². The van der Waals surface area contributed by atoms with Crippen molar-refractivity contribution < 1.29 is 63.0 Å². The molecule has 510 valence electrons. The minimum absolute atomic E-state index is 0.0333. The molecule has 8 N–H and O–H groups in total. The van der Waals surface area contributed by atoms with Crippen LogP contribution in [0, 0.1) is 17.8 Å². The first-order valence-electron chi connectivity index (χ1n) is 31.4. The molecule has 3 aliphatic rings. The van der Waals surface area contributed by atoms with Crippen LogP contribution < -0.4 is 31.5 Å². The van der Waals surface area contributed by atoms with E-state index in [0.717, 1.165) is 92.4 Å². The van der Waals surface area contributed by atoms with Crippen LogP contribution in [0.15, 0.2) is 135 Å². The number of piperidine rings is 3. The molecule has 3 fully saturated rings. The summed E-state index contributed by atoms with van der Waals surface area (Å²) in [5.74, 6) is -1.18. The Hall–Kier alpha value is -7.53. The molecule has 2 amide bonds. The van der Waals surface area contributed by atoms with Crippen molar-refractivity contribution in [3.63, 3.8) is 0 Å². The molecule has 3 saturated heterocycles. The minimum Gasteiger partial charge on any atom is -0.508 e. The van der Waals surface area contributed by atoms with Crippen LogP contribution in [0.1, 0.15) is 160 Å². The van der Waals surface area contributed by atoms with Gasteiger partial charge in [-0.15, -0.1) is 0 Å². The predicted molar refractivity (Wildman–Crippen MR) is 375 cm³/mol. The van der Waals surface area contributed by atoms with Crippen LogP contribution in [0.4, 0.5) is 17.1 Å². The first-order chi connectivity index (χ1) is 43.6. The van der Waals surface area contributed by atoms with Gasteiger partial charge in [0.2, 0.25) is 0 Å². The maximum atomic E-state index is 12.4.